The zero-order valence-electron chi connectivity index (χ0n) is 22.5. The number of hydrogen-bond acceptors (Lipinski definition) is 2. The standard InChI is InChI=1S/C32H23NS.C6H8/c1-3-22(2)33(26-19-20-32-30(21-26)29-12-6-7-14-31(29)34-32)25-17-15-24(16-18-25)28-13-8-10-23-9-4-5-11-27(23)28;1-3-5-6-4-2/h3-21H,1-2H2;3-6H,1-2H2/b;6-5-. The van der Waals surface area contributed by atoms with Crippen LogP contribution in [0.1, 0.15) is 0 Å². The van der Waals surface area contributed by atoms with E-state index in [-0.39, 0.29) is 0 Å². The lowest BCUT2D eigenvalue weighted by molar-refractivity contribution is 1.23. The Kier molecular flexibility index (Phi) is 8.20. The normalized spacial score (nSPS) is 10.8. The predicted molar refractivity (Wildman–Crippen MR) is 180 cm³/mol. The van der Waals surface area contributed by atoms with Crippen LogP contribution < -0.4 is 4.90 Å². The van der Waals surface area contributed by atoms with Crippen molar-refractivity contribution in [3.63, 3.8) is 0 Å². The van der Waals surface area contributed by atoms with Gasteiger partial charge >= 0.3 is 0 Å². The molecule has 6 aromatic rings. The SMILES string of the molecule is C=C/C=C\C=C.C=CC(=C)N(c1ccc(-c2cccc3ccccc23)cc1)c1ccc2sc3ccccc3c2c1. The molecule has 0 atom stereocenters. The molecule has 0 unspecified atom stereocenters. The fourth-order valence-electron chi connectivity index (χ4n) is 4.85. The Morgan fingerprint density at radius 2 is 1.23 bits per heavy atom. The Morgan fingerprint density at radius 1 is 0.600 bits per heavy atom. The first-order valence-electron chi connectivity index (χ1n) is 13.2. The second-order valence-corrected chi connectivity index (χ2v) is 10.3. The average molecular weight is 534 g/mol. The molecule has 0 aliphatic heterocycles. The molecule has 0 bridgehead atoms. The van der Waals surface area contributed by atoms with E-state index in [4.69, 9.17) is 0 Å². The first-order chi connectivity index (χ1) is 19.6. The molecule has 0 N–H and O–H groups in total. The van der Waals surface area contributed by atoms with Crippen molar-refractivity contribution < 1.29 is 0 Å². The Bertz CT molecular complexity index is 1850. The van der Waals surface area contributed by atoms with E-state index < -0.39 is 0 Å². The molecule has 0 aliphatic carbocycles. The molecule has 0 spiro atoms. The molecular weight excluding hydrogens is 502 g/mol. The quantitative estimate of drug-likeness (QED) is 0.184. The summed E-state index contributed by atoms with van der Waals surface area (Å²) in [7, 11) is 0. The molecule has 0 fully saturated rings. The van der Waals surface area contributed by atoms with Crippen molar-refractivity contribution in [3.05, 3.63) is 172 Å². The van der Waals surface area contributed by atoms with Crippen molar-refractivity contribution in [2.45, 2.75) is 0 Å². The molecule has 40 heavy (non-hydrogen) atoms. The minimum Gasteiger partial charge on any atom is -0.311 e. The lowest BCUT2D eigenvalue weighted by Crippen LogP contribution is -2.13. The van der Waals surface area contributed by atoms with E-state index in [2.05, 4.69) is 140 Å². The van der Waals surface area contributed by atoms with Gasteiger partial charge in [-0.3, -0.25) is 0 Å². The van der Waals surface area contributed by atoms with Crippen LogP contribution in [0.4, 0.5) is 11.4 Å². The summed E-state index contributed by atoms with van der Waals surface area (Å²) in [6.45, 7) is 15.2. The molecule has 5 aromatic carbocycles. The fourth-order valence-corrected chi connectivity index (χ4v) is 5.94. The number of benzene rings is 5. The van der Waals surface area contributed by atoms with E-state index >= 15 is 0 Å². The van der Waals surface area contributed by atoms with Gasteiger partial charge in [0.15, 0.2) is 0 Å². The summed E-state index contributed by atoms with van der Waals surface area (Å²) < 4.78 is 2.60. The van der Waals surface area contributed by atoms with E-state index in [1.165, 1.54) is 42.1 Å². The van der Waals surface area contributed by atoms with E-state index in [1.807, 2.05) is 29.6 Å². The summed E-state index contributed by atoms with van der Waals surface area (Å²) in [5, 5.41) is 5.08. The van der Waals surface area contributed by atoms with Gasteiger partial charge in [0.1, 0.15) is 0 Å². The molecule has 0 amide bonds. The van der Waals surface area contributed by atoms with Crippen LogP contribution in [0.5, 0.6) is 0 Å². The monoisotopic (exact) mass is 533 g/mol. The first-order valence-corrected chi connectivity index (χ1v) is 14.0. The molecule has 194 valence electrons. The van der Waals surface area contributed by atoms with Crippen molar-refractivity contribution in [1.29, 1.82) is 0 Å². The largest absolute Gasteiger partial charge is 0.311 e. The Labute approximate surface area is 240 Å². The van der Waals surface area contributed by atoms with Crippen molar-refractivity contribution >= 4 is 53.7 Å². The van der Waals surface area contributed by atoms with Crippen LogP contribution in [0.2, 0.25) is 0 Å². The van der Waals surface area contributed by atoms with Gasteiger partial charge in [-0.2, -0.15) is 0 Å². The topological polar surface area (TPSA) is 3.24 Å². The van der Waals surface area contributed by atoms with Gasteiger partial charge in [0.05, 0.1) is 0 Å². The first kappa shape index (κ1) is 26.7. The number of allylic oxidation sites excluding steroid dienone is 5. The van der Waals surface area contributed by atoms with Gasteiger partial charge in [-0.05, 0) is 64.4 Å². The maximum absolute atomic E-state index is 4.29. The molecular formula is C38H31NS. The summed E-state index contributed by atoms with van der Waals surface area (Å²) in [4.78, 5) is 2.17. The minimum absolute atomic E-state index is 0.844. The van der Waals surface area contributed by atoms with Gasteiger partial charge < -0.3 is 4.90 Å². The molecule has 0 aliphatic rings. The zero-order valence-corrected chi connectivity index (χ0v) is 23.3. The number of hydrogen-bond donors (Lipinski definition) is 0. The Morgan fingerprint density at radius 3 is 1.95 bits per heavy atom. The summed E-state index contributed by atoms with van der Waals surface area (Å²) >= 11 is 1.83. The Hall–Kier alpha value is -4.92. The molecule has 1 aromatic heterocycles. The lowest BCUT2D eigenvalue weighted by Gasteiger charge is -2.26. The molecule has 2 heteroatoms. The second kappa shape index (κ2) is 12.3. The summed E-state index contributed by atoms with van der Waals surface area (Å²) in [6, 6.07) is 39.0. The average Bonchev–Trinajstić information content (AvgIpc) is 3.38. The van der Waals surface area contributed by atoms with Crippen molar-refractivity contribution in [3.8, 4) is 11.1 Å². The highest BCUT2D eigenvalue weighted by molar-refractivity contribution is 7.25. The number of rotatable bonds is 7. The molecule has 0 saturated heterocycles. The van der Waals surface area contributed by atoms with Crippen molar-refractivity contribution in [2.24, 2.45) is 0 Å². The number of nitrogens with zero attached hydrogens (tertiary/aromatic N) is 1. The maximum atomic E-state index is 4.29. The molecule has 6 rings (SSSR count). The molecule has 1 heterocycles. The van der Waals surface area contributed by atoms with Crippen LogP contribution >= 0.6 is 11.3 Å². The highest BCUT2D eigenvalue weighted by Gasteiger charge is 2.14. The molecule has 1 nitrogen and oxygen atoms in total. The Balaban J connectivity index is 0.000000487. The van der Waals surface area contributed by atoms with E-state index in [0.29, 0.717) is 0 Å². The summed E-state index contributed by atoms with van der Waals surface area (Å²) in [5.74, 6) is 0. The smallest absolute Gasteiger partial charge is 0.0468 e. The van der Waals surface area contributed by atoms with Gasteiger partial charge in [-0.1, -0.05) is 123 Å². The fraction of sp³-hybridized carbons (Fsp3) is 0. The van der Waals surface area contributed by atoms with E-state index in [9.17, 15) is 0 Å². The van der Waals surface area contributed by atoms with Crippen molar-refractivity contribution in [2.75, 3.05) is 4.90 Å². The van der Waals surface area contributed by atoms with E-state index in [1.54, 1.807) is 12.2 Å². The molecule has 0 saturated carbocycles. The van der Waals surface area contributed by atoms with Crippen LogP contribution in [0.3, 0.4) is 0 Å². The number of thiophene rings is 1. The lowest BCUT2D eigenvalue weighted by atomic mass is 9.98. The summed E-state index contributed by atoms with van der Waals surface area (Å²) in [5.41, 5.74) is 5.43. The van der Waals surface area contributed by atoms with Crippen LogP contribution in [-0.4, -0.2) is 0 Å². The van der Waals surface area contributed by atoms with Crippen molar-refractivity contribution in [1.82, 2.24) is 0 Å². The van der Waals surface area contributed by atoms with Gasteiger partial charge in [-0.25, -0.2) is 0 Å². The van der Waals surface area contributed by atoms with E-state index in [0.717, 1.165) is 17.1 Å². The van der Waals surface area contributed by atoms with Gasteiger partial charge in [0.25, 0.3) is 0 Å². The van der Waals surface area contributed by atoms with Crippen LogP contribution in [0.25, 0.3) is 42.1 Å². The highest BCUT2D eigenvalue weighted by Crippen LogP contribution is 2.39. The highest BCUT2D eigenvalue weighted by atomic mass is 32.1. The summed E-state index contributed by atoms with van der Waals surface area (Å²) in [6.07, 6.45) is 8.89. The number of fused-ring (bicyclic) bond motifs is 4. The third-order valence-corrected chi connectivity index (χ3v) is 7.90. The second-order valence-electron chi connectivity index (χ2n) is 9.24. The van der Waals surface area contributed by atoms with Crippen LogP contribution in [0, 0.1) is 0 Å². The van der Waals surface area contributed by atoms with Gasteiger partial charge in [0, 0.05) is 37.2 Å². The minimum atomic E-state index is 0.844. The van der Waals surface area contributed by atoms with Gasteiger partial charge in [-0.15, -0.1) is 11.3 Å². The third-order valence-electron chi connectivity index (χ3n) is 6.75. The number of anilines is 2. The molecule has 0 radical (unpaired) electrons. The third kappa shape index (κ3) is 5.44. The zero-order chi connectivity index (χ0) is 27.9. The van der Waals surface area contributed by atoms with Crippen LogP contribution in [-0.2, 0) is 0 Å². The van der Waals surface area contributed by atoms with Crippen LogP contribution in [0.15, 0.2) is 172 Å². The predicted octanol–water partition coefficient (Wildman–Crippen LogP) is 11.6. The van der Waals surface area contributed by atoms with Gasteiger partial charge in [0.2, 0.25) is 0 Å². The maximum Gasteiger partial charge on any atom is 0.0468 e.